The van der Waals surface area contributed by atoms with Crippen LogP contribution in [0.4, 0.5) is 0 Å². The molecule has 0 radical (unpaired) electrons. The number of hydrogen-bond donors (Lipinski definition) is 0. The van der Waals surface area contributed by atoms with Crippen LogP contribution >= 0.6 is 0 Å². The molecule has 2 saturated heterocycles. The number of likely N-dealkylation sites (N-methyl/N-ethyl adjacent to an activating group) is 1. The van der Waals surface area contributed by atoms with Crippen LogP contribution in [0.3, 0.4) is 0 Å². The molecule has 1 unspecified atom stereocenters. The highest BCUT2D eigenvalue weighted by Crippen LogP contribution is 2.46. The van der Waals surface area contributed by atoms with Crippen LogP contribution in [-0.4, -0.2) is 50.0 Å². The van der Waals surface area contributed by atoms with Crippen LogP contribution in [0.2, 0.25) is 0 Å². The van der Waals surface area contributed by atoms with Crippen LogP contribution < -0.4 is 0 Å². The molecule has 2 aliphatic rings. The lowest BCUT2D eigenvalue weighted by Crippen LogP contribution is -2.47. The minimum Gasteiger partial charge on any atom is -0.461 e. The lowest BCUT2D eigenvalue weighted by atomic mass is 9.84. The van der Waals surface area contributed by atoms with E-state index >= 15 is 0 Å². The highest BCUT2D eigenvalue weighted by Gasteiger charge is 2.59. The number of carbonyl (C=O) groups is 1. The van der Waals surface area contributed by atoms with Gasteiger partial charge in [0.15, 0.2) is 0 Å². The second kappa shape index (κ2) is 5.46. The Kier molecular flexibility index (Phi) is 3.80. The number of fused-ring (bicyclic) bond motifs is 2. The van der Waals surface area contributed by atoms with E-state index in [0.717, 1.165) is 12.1 Å². The maximum absolute atomic E-state index is 12.2. The topological polar surface area (TPSA) is 38.8 Å². The van der Waals surface area contributed by atoms with Crippen LogP contribution in [-0.2, 0) is 20.9 Å². The maximum Gasteiger partial charge on any atom is 0.309 e. The average Bonchev–Trinajstić information content (AvgIpc) is 2.82. The zero-order valence-electron chi connectivity index (χ0n) is 12.9. The molecular formula is C16H22BNO3. The number of nitrogens with zero attached hydrogens (tertiary/aromatic N) is 1. The Morgan fingerprint density at radius 1 is 1.48 bits per heavy atom. The quantitative estimate of drug-likeness (QED) is 0.606. The molecule has 0 amide bonds. The minimum absolute atomic E-state index is 0.172. The summed E-state index contributed by atoms with van der Waals surface area (Å²) < 4.78 is 11.5. The monoisotopic (exact) mass is 287 g/mol. The summed E-state index contributed by atoms with van der Waals surface area (Å²) in [6.07, 6.45) is 0.339. The van der Waals surface area contributed by atoms with Gasteiger partial charge >= 0.3 is 5.97 Å². The van der Waals surface area contributed by atoms with Gasteiger partial charge in [-0.25, -0.2) is 0 Å². The molecule has 0 N–H and O–H groups in total. The van der Waals surface area contributed by atoms with Crippen molar-refractivity contribution in [2.75, 3.05) is 13.6 Å². The third-order valence-electron chi connectivity index (χ3n) is 4.96. The highest BCUT2D eigenvalue weighted by molar-refractivity contribution is 6.12. The van der Waals surface area contributed by atoms with Crippen molar-refractivity contribution in [3.05, 3.63) is 35.9 Å². The molecular weight excluding hydrogens is 265 g/mol. The normalized spacial score (nSPS) is 35.0. The van der Waals surface area contributed by atoms with E-state index in [2.05, 4.69) is 26.7 Å². The molecule has 0 saturated carbocycles. The van der Waals surface area contributed by atoms with E-state index in [1.807, 2.05) is 30.3 Å². The third kappa shape index (κ3) is 2.60. The Hall–Kier alpha value is -1.33. The van der Waals surface area contributed by atoms with E-state index in [1.165, 1.54) is 0 Å². The first-order chi connectivity index (χ1) is 10.0. The van der Waals surface area contributed by atoms with Gasteiger partial charge < -0.3 is 9.47 Å². The zero-order valence-corrected chi connectivity index (χ0v) is 12.9. The fraction of sp³-hybridized carbons (Fsp3) is 0.562. The van der Waals surface area contributed by atoms with Crippen molar-refractivity contribution >= 4 is 13.8 Å². The maximum atomic E-state index is 12.2. The number of benzene rings is 1. The van der Waals surface area contributed by atoms with Gasteiger partial charge in [0.2, 0.25) is 0 Å². The minimum atomic E-state index is -0.368. The first-order valence-electron chi connectivity index (χ1n) is 7.59. The van der Waals surface area contributed by atoms with Crippen molar-refractivity contribution in [2.24, 2.45) is 5.92 Å². The Bertz CT molecular complexity index is 510. The van der Waals surface area contributed by atoms with Gasteiger partial charge in [-0.05, 0) is 12.6 Å². The van der Waals surface area contributed by atoms with Gasteiger partial charge in [-0.15, -0.1) is 0 Å². The molecule has 4 nitrogen and oxygen atoms in total. The molecule has 0 spiro atoms. The largest absolute Gasteiger partial charge is 0.461 e. The molecule has 1 aromatic rings. The highest BCUT2D eigenvalue weighted by atomic mass is 16.5. The van der Waals surface area contributed by atoms with Gasteiger partial charge in [-0.1, -0.05) is 37.3 Å². The number of esters is 1. The molecule has 112 valence electrons. The number of carbonyl (C=O) groups excluding carboxylic acids is 1. The molecule has 2 bridgehead atoms. The van der Waals surface area contributed by atoms with Crippen LogP contribution in [0.5, 0.6) is 0 Å². The molecule has 2 fully saturated rings. The van der Waals surface area contributed by atoms with Crippen LogP contribution in [0.25, 0.3) is 0 Å². The summed E-state index contributed by atoms with van der Waals surface area (Å²) in [6, 6.07) is 10.4. The molecule has 2 aliphatic heterocycles. The molecule has 1 aromatic carbocycles. The van der Waals surface area contributed by atoms with Crippen molar-refractivity contribution in [3.8, 4) is 0 Å². The molecule has 3 rings (SSSR count). The van der Waals surface area contributed by atoms with E-state index in [9.17, 15) is 4.79 Å². The van der Waals surface area contributed by atoms with E-state index in [1.54, 1.807) is 0 Å². The third-order valence-corrected chi connectivity index (χ3v) is 4.96. The summed E-state index contributed by atoms with van der Waals surface area (Å²) in [6.45, 7) is 3.32. The zero-order chi connectivity index (χ0) is 15.0. The van der Waals surface area contributed by atoms with E-state index < -0.39 is 0 Å². The predicted molar refractivity (Wildman–Crippen MR) is 82.6 cm³/mol. The molecule has 0 aliphatic carbocycles. The molecule has 21 heavy (non-hydrogen) atoms. The first-order valence-corrected chi connectivity index (χ1v) is 7.59. The standard InChI is InChI=1S/C16H22BNO3/c1-11-14-15(17)21-16(11,10-18(14)2)8-13(19)20-9-12-6-4-3-5-7-12/h3-7,11,14-15H,8-10,17H2,1-2H3/t11?,14-,15+,16-/m0/s1. The summed E-state index contributed by atoms with van der Waals surface area (Å²) in [4.78, 5) is 14.5. The van der Waals surface area contributed by atoms with Crippen LogP contribution in [0.1, 0.15) is 18.9 Å². The van der Waals surface area contributed by atoms with E-state index in [4.69, 9.17) is 9.47 Å². The number of morpholine rings is 1. The summed E-state index contributed by atoms with van der Waals surface area (Å²) in [5, 5.41) is 0. The van der Waals surface area contributed by atoms with Gasteiger partial charge in [0.25, 0.3) is 0 Å². The first kappa shape index (κ1) is 14.6. The Morgan fingerprint density at radius 3 is 2.81 bits per heavy atom. The van der Waals surface area contributed by atoms with Gasteiger partial charge in [0.05, 0.1) is 12.0 Å². The molecule has 4 atom stereocenters. The van der Waals surface area contributed by atoms with Crippen molar-refractivity contribution in [2.45, 2.75) is 37.6 Å². The van der Waals surface area contributed by atoms with E-state index in [-0.39, 0.29) is 17.6 Å². The molecule has 0 aromatic heterocycles. The summed E-state index contributed by atoms with van der Waals surface area (Å²) in [5.74, 6) is 0.190. The van der Waals surface area contributed by atoms with Crippen molar-refractivity contribution in [1.29, 1.82) is 0 Å². The average molecular weight is 287 g/mol. The number of rotatable bonds is 4. The SMILES string of the molecule is B[C@@H]1O[C@@]2(CC(=O)OCc3ccccc3)CN(C)[C@H]1C2C. The fourth-order valence-electron chi connectivity index (χ4n) is 4.01. The van der Waals surface area contributed by atoms with Gasteiger partial charge in [0.1, 0.15) is 14.5 Å². The predicted octanol–water partition coefficient (Wildman–Crippen LogP) is 0.798. The Labute approximate surface area is 126 Å². The fourth-order valence-corrected chi connectivity index (χ4v) is 4.01. The smallest absolute Gasteiger partial charge is 0.309 e. The summed E-state index contributed by atoms with van der Waals surface area (Å²) >= 11 is 0. The molecule has 2 heterocycles. The van der Waals surface area contributed by atoms with E-state index in [0.29, 0.717) is 25.0 Å². The van der Waals surface area contributed by atoms with Gasteiger partial charge in [0, 0.05) is 24.5 Å². The van der Waals surface area contributed by atoms with Crippen LogP contribution in [0.15, 0.2) is 30.3 Å². The summed E-state index contributed by atoms with van der Waals surface area (Å²) in [7, 11) is 4.20. The number of ether oxygens (including phenoxy) is 2. The summed E-state index contributed by atoms with van der Waals surface area (Å²) in [5.41, 5.74) is 0.644. The van der Waals surface area contributed by atoms with Crippen molar-refractivity contribution < 1.29 is 14.3 Å². The van der Waals surface area contributed by atoms with Crippen molar-refractivity contribution in [3.63, 3.8) is 0 Å². The Morgan fingerprint density at radius 2 is 2.19 bits per heavy atom. The number of likely N-dealkylation sites (tertiary alicyclic amines) is 1. The molecule has 5 heteroatoms. The second-order valence-electron chi connectivity index (χ2n) is 6.41. The lowest BCUT2D eigenvalue weighted by Gasteiger charge is -2.34. The second-order valence-corrected chi connectivity index (χ2v) is 6.41. The van der Waals surface area contributed by atoms with Gasteiger partial charge in [-0.3, -0.25) is 9.69 Å². The number of hydrogen-bond acceptors (Lipinski definition) is 4. The van der Waals surface area contributed by atoms with Crippen molar-refractivity contribution in [1.82, 2.24) is 4.90 Å². The lowest BCUT2D eigenvalue weighted by molar-refractivity contribution is -0.154. The Balaban J connectivity index is 1.60. The van der Waals surface area contributed by atoms with Gasteiger partial charge in [-0.2, -0.15) is 0 Å². The van der Waals surface area contributed by atoms with Crippen LogP contribution in [0, 0.1) is 5.92 Å².